The van der Waals surface area contributed by atoms with E-state index in [1.54, 1.807) is 6.07 Å². The SMILES string of the molecule is FCF.NC1=NC(c2cc(N)ccc2F)CCO1. The van der Waals surface area contributed by atoms with E-state index in [0.717, 1.165) is 0 Å². The molecular weight excluding hydrogens is 247 g/mol. The fraction of sp³-hybridized carbons (Fsp3) is 0.364. The van der Waals surface area contributed by atoms with Gasteiger partial charge >= 0.3 is 0 Å². The van der Waals surface area contributed by atoms with Crippen LogP contribution in [0.2, 0.25) is 0 Å². The molecule has 0 bridgehead atoms. The molecule has 0 saturated carbocycles. The number of rotatable bonds is 1. The van der Waals surface area contributed by atoms with Crippen LogP contribution >= 0.6 is 0 Å². The van der Waals surface area contributed by atoms with Crippen LogP contribution in [0.25, 0.3) is 0 Å². The van der Waals surface area contributed by atoms with Crippen molar-refractivity contribution in [1.82, 2.24) is 0 Å². The van der Waals surface area contributed by atoms with Crippen LogP contribution in [0.3, 0.4) is 0 Å². The molecule has 0 spiro atoms. The lowest BCUT2D eigenvalue weighted by Gasteiger charge is -2.19. The van der Waals surface area contributed by atoms with Crippen molar-refractivity contribution in [2.24, 2.45) is 10.7 Å². The number of ether oxygens (including phenoxy) is 1. The van der Waals surface area contributed by atoms with Crippen LogP contribution in [0, 0.1) is 5.82 Å². The molecule has 1 aromatic rings. The van der Waals surface area contributed by atoms with Gasteiger partial charge in [0, 0.05) is 17.7 Å². The number of alkyl halides is 2. The third-order valence-electron chi connectivity index (χ3n) is 2.30. The van der Waals surface area contributed by atoms with E-state index in [0.29, 0.717) is 24.3 Å². The van der Waals surface area contributed by atoms with Crippen LogP contribution in [0.4, 0.5) is 18.9 Å². The second kappa shape index (κ2) is 6.73. The van der Waals surface area contributed by atoms with Gasteiger partial charge in [-0.05, 0) is 18.2 Å². The molecule has 0 saturated heterocycles. The highest BCUT2D eigenvalue weighted by atomic mass is 19.3. The van der Waals surface area contributed by atoms with Gasteiger partial charge in [0.05, 0.1) is 12.6 Å². The summed E-state index contributed by atoms with van der Waals surface area (Å²) in [5.74, 6) is -0.312. The molecule has 2 rings (SSSR count). The molecule has 100 valence electrons. The molecule has 1 aliphatic heterocycles. The van der Waals surface area contributed by atoms with Crippen LogP contribution in [0.1, 0.15) is 18.0 Å². The molecule has 7 heteroatoms. The summed E-state index contributed by atoms with van der Waals surface area (Å²) >= 11 is 0. The van der Waals surface area contributed by atoms with E-state index in [2.05, 4.69) is 4.99 Å². The van der Waals surface area contributed by atoms with Crippen LogP contribution in [-0.2, 0) is 4.74 Å². The fourth-order valence-corrected chi connectivity index (χ4v) is 1.57. The topological polar surface area (TPSA) is 73.6 Å². The minimum absolute atomic E-state index is 0.105. The molecule has 0 amide bonds. The molecule has 1 heterocycles. The van der Waals surface area contributed by atoms with Crippen molar-refractivity contribution in [3.8, 4) is 0 Å². The summed E-state index contributed by atoms with van der Waals surface area (Å²) in [5, 5.41) is 0. The summed E-state index contributed by atoms with van der Waals surface area (Å²) in [6, 6.07) is 4.26. The Kier molecular flexibility index (Phi) is 5.29. The van der Waals surface area contributed by atoms with Crippen molar-refractivity contribution < 1.29 is 17.9 Å². The molecule has 1 aromatic carbocycles. The first-order valence-corrected chi connectivity index (χ1v) is 5.21. The number of halogens is 3. The summed E-state index contributed by atoms with van der Waals surface area (Å²) in [4.78, 5) is 4.03. The first-order valence-electron chi connectivity index (χ1n) is 5.21. The number of benzene rings is 1. The van der Waals surface area contributed by atoms with Gasteiger partial charge in [-0.25, -0.2) is 18.2 Å². The Hall–Kier alpha value is -1.92. The van der Waals surface area contributed by atoms with Gasteiger partial charge in [-0.3, -0.25) is 0 Å². The maximum Gasteiger partial charge on any atom is 0.282 e. The lowest BCUT2D eigenvalue weighted by molar-refractivity contribution is 0.255. The quantitative estimate of drug-likeness (QED) is 0.760. The van der Waals surface area contributed by atoms with Gasteiger partial charge in [0.2, 0.25) is 6.93 Å². The van der Waals surface area contributed by atoms with Gasteiger partial charge in [-0.15, -0.1) is 0 Å². The predicted octanol–water partition coefficient (Wildman–Crippen LogP) is 2.07. The number of nitrogens with zero attached hydrogens (tertiary/aromatic N) is 1. The first-order chi connectivity index (χ1) is 8.58. The van der Waals surface area contributed by atoms with Crippen molar-refractivity contribution in [2.75, 3.05) is 19.3 Å². The number of hydrogen-bond donors (Lipinski definition) is 2. The first kappa shape index (κ1) is 14.1. The summed E-state index contributed by atoms with van der Waals surface area (Å²) < 4.78 is 37.7. The highest BCUT2D eigenvalue weighted by molar-refractivity contribution is 5.72. The smallest absolute Gasteiger partial charge is 0.282 e. The van der Waals surface area contributed by atoms with Crippen molar-refractivity contribution in [3.63, 3.8) is 0 Å². The minimum atomic E-state index is -1.75. The Bertz CT molecular complexity index is 426. The second-order valence-electron chi connectivity index (χ2n) is 3.50. The summed E-state index contributed by atoms with van der Waals surface area (Å²) in [5.41, 5.74) is 12.0. The molecule has 1 atom stereocenters. The molecule has 0 aliphatic carbocycles. The Balaban J connectivity index is 0.000000492. The predicted molar refractivity (Wildman–Crippen MR) is 62.8 cm³/mol. The number of nitrogen functional groups attached to an aromatic ring is 1. The Labute approximate surface area is 102 Å². The summed E-state index contributed by atoms with van der Waals surface area (Å²) in [7, 11) is 0. The molecule has 4 N–H and O–H groups in total. The maximum atomic E-state index is 13.5. The van der Waals surface area contributed by atoms with E-state index < -0.39 is 6.93 Å². The Morgan fingerprint density at radius 1 is 1.33 bits per heavy atom. The largest absolute Gasteiger partial charge is 0.465 e. The van der Waals surface area contributed by atoms with Crippen LogP contribution < -0.4 is 11.5 Å². The lowest BCUT2D eigenvalue weighted by atomic mass is 10.0. The Morgan fingerprint density at radius 2 is 2.00 bits per heavy atom. The third-order valence-corrected chi connectivity index (χ3v) is 2.30. The third kappa shape index (κ3) is 3.83. The van der Waals surface area contributed by atoms with Gasteiger partial charge in [-0.2, -0.15) is 0 Å². The van der Waals surface area contributed by atoms with E-state index in [9.17, 15) is 13.2 Å². The molecule has 4 nitrogen and oxygen atoms in total. The van der Waals surface area contributed by atoms with Gasteiger partial charge in [0.1, 0.15) is 5.82 Å². The van der Waals surface area contributed by atoms with Gasteiger partial charge in [-0.1, -0.05) is 0 Å². The minimum Gasteiger partial charge on any atom is -0.465 e. The number of amidine groups is 1. The number of hydrogen-bond acceptors (Lipinski definition) is 4. The average Bonchev–Trinajstić information content (AvgIpc) is 2.33. The van der Waals surface area contributed by atoms with Crippen LogP contribution in [0.5, 0.6) is 0 Å². The highest BCUT2D eigenvalue weighted by Gasteiger charge is 2.19. The monoisotopic (exact) mass is 261 g/mol. The number of anilines is 1. The maximum absolute atomic E-state index is 13.5. The van der Waals surface area contributed by atoms with Crippen LogP contribution in [-0.4, -0.2) is 19.6 Å². The zero-order valence-corrected chi connectivity index (χ0v) is 9.57. The Morgan fingerprint density at radius 3 is 2.61 bits per heavy atom. The van der Waals surface area contributed by atoms with E-state index in [1.165, 1.54) is 12.1 Å². The van der Waals surface area contributed by atoms with E-state index in [4.69, 9.17) is 16.2 Å². The molecule has 0 radical (unpaired) electrons. The van der Waals surface area contributed by atoms with Crippen molar-refractivity contribution in [2.45, 2.75) is 12.5 Å². The van der Waals surface area contributed by atoms with Crippen LogP contribution in [0.15, 0.2) is 23.2 Å². The van der Waals surface area contributed by atoms with Crippen molar-refractivity contribution in [1.29, 1.82) is 0 Å². The molecule has 1 unspecified atom stereocenters. The number of aliphatic imine (C=N–C) groups is 1. The van der Waals surface area contributed by atoms with E-state index >= 15 is 0 Å². The molecule has 0 aromatic heterocycles. The molecule has 18 heavy (non-hydrogen) atoms. The van der Waals surface area contributed by atoms with E-state index in [-0.39, 0.29) is 17.9 Å². The fourth-order valence-electron chi connectivity index (χ4n) is 1.57. The van der Waals surface area contributed by atoms with E-state index in [1.807, 2.05) is 0 Å². The summed E-state index contributed by atoms with van der Waals surface area (Å²) in [6.45, 7) is -1.30. The van der Waals surface area contributed by atoms with Crippen molar-refractivity contribution in [3.05, 3.63) is 29.6 Å². The lowest BCUT2D eigenvalue weighted by Crippen LogP contribution is -2.24. The zero-order valence-electron chi connectivity index (χ0n) is 9.57. The standard InChI is InChI=1S/C10H12FN3O.CH2F2/c11-8-2-1-6(12)5-7(8)9-3-4-15-10(13)14-9;2-1-3/h1-2,5,9H,3-4,12H2,(H2,13,14);1H2. The normalized spacial score (nSPS) is 18.2. The molecular formula is C11H14F3N3O. The highest BCUT2D eigenvalue weighted by Crippen LogP contribution is 2.27. The van der Waals surface area contributed by atoms with Gasteiger partial charge < -0.3 is 16.2 Å². The second-order valence-corrected chi connectivity index (χ2v) is 3.50. The number of nitrogens with two attached hydrogens (primary N) is 2. The average molecular weight is 261 g/mol. The van der Waals surface area contributed by atoms with Gasteiger partial charge in [0.25, 0.3) is 6.02 Å². The molecule has 1 aliphatic rings. The van der Waals surface area contributed by atoms with Gasteiger partial charge in [0.15, 0.2) is 0 Å². The summed E-state index contributed by atoms with van der Waals surface area (Å²) in [6.07, 6.45) is 0.612. The molecule has 0 fully saturated rings. The zero-order chi connectivity index (χ0) is 13.5. The van der Waals surface area contributed by atoms with Crippen molar-refractivity contribution >= 4 is 11.7 Å².